The molecule has 1 aliphatic heterocycles. The van der Waals surface area contributed by atoms with Gasteiger partial charge in [-0.05, 0) is 30.4 Å². The molecular weight excluding hydrogens is 278 g/mol. The standard InChI is InChI=1S/C17H19N3O2/c1-12-5-4-8-20(16-7-3-2-6-14(12)16)11-13-9-19-15(10-18-13)17(21)22/h2-3,6-7,9-10,12H,4-5,8,11H2,1H3,(H,21,22). The summed E-state index contributed by atoms with van der Waals surface area (Å²) in [5.41, 5.74) is 3.38. The lowest BCUT2D eigenvalue weighted by Gasteiger charge is -2.25. The number of nitrogens with zero attached hydrogens (tertiary/aromatic N) is 3. The van der Waals surface area contributed by atoms with E-state index in [-0.39, 0.29) is 5.69 Å². The summed E-state index contributed by atoms with van der Waals surface area (Å²) in [4.78, 5) is 21.3. The third kappa shape index (κ3) is 2.93. The zero-order chi connectivity index (χ0) is 15.5. The van der Waals surface area contributed by atoms with Crippen molar-refractivity contribution in [2.45, 2.75) is 32.2 Å². The van der Waals surface area contributed by atoms with E-state index in [1.807, 2.05) is 0 Å². The molecule has 1 aromatic heterocycles. The van der Waals surface area contributed by atoms with Gasteiger partial charge in [-0.3, -0.25) is 4.98 Å². The summed E-state index contributed by atoms with van der Waals surface area (Å²) >= 11 is 0. The fourth-order valence-electron chi connectivity index (χ4n) is 2.96. The van der Waals surface area contributed by atoms with Gasteiger partial charge in [-0.1, -0.05) is 25.1 Å². The van der Waals surface area contributed by atoms with Crippen LogP contribution >= 0.6 is 0 Å². The number of carboxylic acid groups (broad SMARTS) is 1. The predicted octanol–water partition coefficient (Wildman–Crippen LogP) is 3.08. The SMILES string of the molecule is CC1CCCN(Cc2cnc(C(=O)O)cn2)c2ccccc21. The summed E-state index contributed by atoms with van der Waals surface area (Å²) < 4.78 is 0. The molecule has 0 spiro atoms. The van der Waals surface area contributed by atoms with Crippen LogP contribution < -0.4 is 4.90 Å². The molecular formula is C17H19N3O2. The summed E-state index contributed by atoms with van der Waals surface area (Å²) in [5.74, 6) is -0.491. The highest BCUT2D eigenvalue weighted by Crippen LogP contribution is 2.34. The van der Waals surface area contributed by atoms with Crippen LogP contribution in [0.5, 0.6) is 0 Å². The molecule has 5 heteroatoms. The first-order chi connectivity index (χ1) is 10.6. The lowest BCUT2D eigenvalue weighted by Crippen LogP contribution is -2.24. The van der Waals surface area contributed by atoms with E-state index in [0.29, 0.717) is 12.5 Å². The molecule has 0 radical (unpaired) electrons. The number of carboxylic acids is 1. The molecule has 1 aliphatic rings. The molecule has 0 amide bonds. The van der Waals surface area contributed by atoms with Gasteiger partial charge in [0.15, 0.2) is 5.69 Å². The fourth-order valence-corrected chi connectivity index (χ4v) is 2.96. The third-order valence-corrected chi connectivity index (χ3v) is 4.15. The molecule has 0 saturated carbocycles. The molecule has 2 aromatic rings. The van der Waals surface area contributed by atoms with Crippen LogP contribution in [0.4, 0.5) is 5.69 Å². The summed E-state index contributed by atoms with van der Waals surface area (Å²) in [5, 5.41) is 8.88. The van der Waals surface area contributed by atoms with Crippen molar-refractivity contribution in [1.82, 2.24) is 9.97 Å². The average Bonchev–Trinajstić information content (AvgIpc) is 2.68. The first-order valence-corrected chi connectivity index (χ1v) is 7.53. The summed E-state index contributed by atoms with van der Waals surface area (Å²) in [6.07, 6.45) is 5.19. The van der Waals surface area contributed by atoms with Gasteiger partial charge in [0, 0.05) is 12.2 Å². The Morgan fingerprint density at radius 1 is 1.32 bits per heavy atom. The molecule has 114 valence electrons. The Morgan fingerprint density at radius 2 is 2.14 bits per heavy atom. The number of hydrogen-bond donors (Lipinski definition) is 1. The molecule has 1 atom stereocenters. The maximum atomic E-state index is 10.8. The van der Waals surface area contributed by atoms with Crippen molar-refractivity contribution in [3.05, 3.63) is 53.6 Å². The lowest BCUT2D eigenvalue weighted by atomic mass is 9.96. The highest BCUT2D eigenvalue weighted by molar-refractivity contribution is 5.84. The van der Waals surface area contributed by atoms with Crippen LogP contribution in [-0.4, -0.2) is 27.6 Å². The highest BCUT2D eigenvalue weighted by atomic mass is 16.4. The normalized spacial score (nSPS) is 17.7. The number of anilines is 1. The monoisotopic (exact) mass is 297 g/mol. The molecule has 5 nitrogen and oxygen atoms in total. The van der Waals surface area contributed by atoms with E-state index in [1.54, 1.807) is 6.20 Å². The van der Waals surface area contributed by atoms with Gasteiger partial charge in [0.1, 0.15) is 0 Å². The Labute approximate surface area is 129 Å². The van der Waals surface area contributed by atoms with Crippen LogP contribution in [0.25, 0.3) is 0 Å². The van der Waals surface area contributed by atoms with Gasteiger partial charge >= 0.3 is 5.97 Å². The van der Waals surface area contributed by atoms with Gasteiger partial charge in [0.05, 0.1) is 24.6 Å². The van der Waals surface area contributed by atoms with Gasteiger partial charge in [-0.15, -0.1) is 0 Å². The molecule has 3 rings (SSSR count). The van der Waals surface area contributed by atoms with Crippen LogP contribution in [-0.2, 0) is 6.54 Å². The van der Waals surface area contributed by atoms with Crippen molar-refractivity contribution in [2.75, 3.05) is 11.4 Å². The number of hydrogen-bond acceptors (Lipinski definition) is 4. The second-order valence-corrected chi connectivity index (χ2v) is 5.72. The van der Waals surface area contributed by atoms with E-state index in [2.05, 4.69) is 46.1 Å². The smallest absolute Gasteiger partial charge is 0.356 e. The first kappa shape index (κ1) is 14.5. The number of carbonyl (C=O) groups is 1. The van der Waals surface area contributed by atoms with Crippen molar-refractivity contribution in [3.8, 4) is 0 Å². The van der Waals surface area contributed by atoms with Crippen molar-refractivity contribution >= 4 is 11.7 Å². The minimum atomic E-state index is -1.05. The number of rotatable bonds is 3. The van der Waals surface area contributed by atoms with Crippen LogP contribution in [0.2, 0.25) is 0 Å². The van der Waals surface area contributed by atoms with E-state index in [1.165, 1.54) is 23.9 Å². The molecule has 22 heavy (non-hydrogen) atoms. The fraction of sp³-hybridized carbons (Fsp3) is 0.353. The lowest BCUT2D eigenvalue weighted by molar-refractivity contribution is 0.0690. The van der Waals surface area contributed by atoms with Gasteiger partial charge in [0.25, 0.3) is 0 Å². The van der Waals surface area contributed by atoms with Crippen LogP contribution in [0.15, 0.2) is 36.7 Å². The number of aromatic nitrogens is 2. The van der Waals surface area contributed by atoms with Gasteiger partial charge in [-0.25, -0.2) is 9.78 Å². The van der Waals surface area contributed by atoms with Crippen molar-refractivity contribution in [3.63, 3.8) is 0 Å². The molecule has 0 saturated heterocycles. The summed E-state index contributed by atoms with van der Waals surface area (Å²) in [6.45, 7) is 3.89. The van der Waals surface area contributed by atoms with Gasteiger partial charge in [-0.2, -0.15) is 0 Å². The average molecular weight is 297 g/mol. The van der Waals surface area contributed by atoms with E-state index in [4.69, 9.17) is 5.11 Å². The minimum Gasteiger partial charge on any atom is -0.476 e. The Morgan fingerprint density at radius 3 is 2.86 bits per heavy atom. The van der Waals surface area contributed by atoms with Crippen molar-refractivity contribution in [2.24, 2.45) is 0 Å². The predicted molar refractivity (Wildman–Crippen MR) is 84.1 cm³/mol. The number of fused-ring (bicyclic) bond motifs is 1. The minimum absolute atomic E-state index is 0.0198. The third-order valence-electron chi connectivity index (χ3n) is 4.15. The molecule has 0 bridgehead atoms. The molecule has 0 aliphatic carbocycles. The van der Waals surface area contributed by atoms with Crippen LogP contribution in [0, 0.1) is 0 Å². The Hall–Kier alpha value is -2.43. The quantitative estimate of drug-likeness (QED) is 0.943. The maximum absolute atomic E-state index is 10.8. The molecule has 2 heterocycles. The van der Waals surface area contributed by atoms with Crippen LogP contribution in [0.1, 0.15) is 47.4 Å². The van der Waals surface area contributed by atoms with Crippen LogP contribution in [0.3, 0.4) is 0 Å². The number of para-hydroxylation sites is 1. The molecule has 1 N–H and O–H groups in total. The molecule has 1 aromatic carbocycles. The second-order valence-electron chi connectivity index (χ2n) is 5.72. The Balaban J connectivity index is 1.85. The second kappa shape index (κ2) is 6.13. The zero-order valence-electron chi connectivity index (χ0n) is 12.6. The zero-order valence-corrected chi connectivity index (χ0v) is 12.6. The van der Waals surface area contributed by atoms with E-state index < -0.39 is 5.97 Å². The highest BCUT2D eigenvalue weighted by Gasteiger charge is 2.20. The van der Waals surface area contributed by atoms with Crippen molar-refractivity contribution in [1.29, 1.82) is 0 Å². The van der Waals surface area contributed by atoms with E-state index in [9.17, 15) is 4.79 Å². The molecule has 1 unspecified atom stereocenters. The largest absolute Gasteiger partial charge is 0.476 e. The van der Waals surface area contributed by atoms with Gasteiger partial charge in [0.2, 0.25) is 0 Å². The first-order valence-electron chi connectivity index (χ1n) is 7.53. The number of aromatic carboxylic acids is 1. The van der Waals surface area contributed by atoms with E-state index in [0.717, 1.165) is 18.7 Å². The summed E-state index contributed by atoms with van der Waals surface area (Å²) in [7, 11) is 0. The maximum Gasteiger partial charge on any atom is 0.356 e. The van der Waals surface area contributed by atoms with E-state index >= 15 is 0 Å². The Kier molecular flexibility index (Phi) is 4.04. The Bertz CT molecular complexity index is 670. The number of benzene rings is 1. The summed E-state index contributed by atoms with van der Waals surface area (Å²) in [6, 6.07) is 8.48. The molecule has 0 fully saturated rings. The van der Waals surface area contributed by atoms with Crippen molar-refractivity contribution < 1.29 is 9.90 Å². The van der Waals surface area contributed by atoms with Gasteiger partial charge < -0.3 is 10.0 Å². The topological polar surface area (TPSA) is 66.3 Å².